The van der Waals surface area contributed by atoms with E-state index in [1.54, 1.807) is 0 Å². The maximum atomic E-state index is 11.1. The summed E-state index contributed by atoms with van der Waals surface area (Å²) >= 11 is 0. The maximum absolute atomic E-state index is 11.1. The second-order valence-corrected chi connectivity index (χ2v) is 10.8. The third-order valence-electron chi connectivity index (χ3n) is 7.59. The molecule has 34 heavy (non-hydrogen) atoms. The summed E-state index contributed by atoms with van der Waals surface area (Å²) in [5.41, 5.74) is 5.10. The van der Waals surface area contributed by atoms with E-state index in [1.165, 1.54) is 107 Å². The van der Waals surface area contributed by atoms with Crippen molar-refractivity contribution in [2.24, 2.45) is 0 Å². The van der Waals surface area contributed by atoms with Crippen LogP contribution < -0.4 is 0 Å². The van der Waals surface area contributed by atoms with Crippen molar-refractivity contribution >= 4 is 0 Å². The van der Waals surface area contributed by atoms with E-state index >= 15 is 0 Å². The molecule has 0 spiro atoms. The molecule has 0 fully saturated rings. The normalized spacial score (nSPS) is 11.8. The molecule has 2 rings (SSSR count). The van der Waals surface area contributed by atoms with Crippen LogP contribution in [0.2, 0.25) is 0 Å². The van der Waals surface area contributed by atoms with Gasteiger partial charge in [-0.2, -0.15) is 0 Å². The fraction of sp³-hybridized carbons (Fsp3) is 0.636. The van der Waals surface area contributed by atoms with Gasteiger partial charge in [0.05, 0.1) is 0 Å². The van der Waals surface area contributed by atoms with Crippen molar-refractivity contribution in [3.8, 4) is 5.75 Å². The lowest BCUT2D eigenvalue weighted by Crippen LogP contribution is -2.22. The standard InChI is InChI=1S/C33H52O/c1-5-7-9-11-12-13-14-15-16-21-25-30-28(22-18-10-8-6-2)26-27-31(34)32(30)33(3,4)29-23-19-17-20-24-29/h17,19-20,23-24,26-27,34H,5-16,18,21-22,25H2,1-4H3. The lowest BCUT2D eigenvalue weighted by Gasteiger charge is -2.31. The number of aromatic hydroxyl groups is 1. The Labute approximate surface area is 211 Å². The van der Waals surface area contributed by atoms with E-state index in [1.807, 2.05) is 6.07 Å². The Balaban J connectivity index is 2.08. The van der Waals surface area contributed by atoms with Crippen LogP contribution in [0.5, 0.6) is 5.75 Å². The zero-order valence-corrected chi connectivity index (χ0v) is 22.8. The van der Waals surface area contributed by atoms with Gasteiger partial charge in [0.15, 0.2) is 0 Å². The summed E-state index contributed by atoms with van der Waals surface area (Å²) in [6, 6.07) is 14.9. The highest BCUT2D eigenvalue weighted by molar-refractivity contribution is 5.53. The molecule has 0 aromatic heterocycles. The zero-order valence-electron chi connectivity index (χ0n) is 22.8. The Bertz CT molecular complexity index is 790. The Morgan fingerprint density at radius 1 is 0.588 bits per heavy atom. The molecular weight excluding hydrogens is 412 g/mol. The smallest absolute Gasteiger partial charge is 0.119 e. The molecule has 1 nitrogen and oxygen atoms in total. The maximum Gasteiger partial charge on any atom is 0.119 e. The highest BCUT2D eigenvalue weighted by Crippen LogP contribution is 2.41. The van der Waals surface area contributed by atoms with Crippen LogP contribution in [0.3, 0.4) is 0 Å². The van der Waals surface area contributed by atoms with Gasteiger partial charge in [-0.05, 0) is 48.4 Å². The SMILES string of the molecule is CCCCCCCCCCCCc1c(CCCCCC)ccc(O)c1C(C)(C)c1ccccc1. The minimum Gasteiger partial charge on any atom is -0.508 e. The van der Waals surface area contributed by atoms with E-state index in [9.17, 15) is 5.11 Å². The predicted octanol–water partition coefficient (Wildman–Crippen LogP) is 10.3. The molecule has 0 aliphatic rings. The molecule has 1 heteroatoms. The van der Waals surface area contributed by atoms with Gasteiger partial charge in [-0.1, -0.05) is 141 Å². The van der Waals surface area contributed by atoms with Crippen LogP contribution in [-0.2, 0) is 18.3 Å². The molecule has 1 N–H and O–H groups in total. The van der Waals surface area contributed by atoms with Crippen molar-refractivity contribution in [2.75, 3.05) is 0 Å². The van der Waals surface area contributed by atoms with Gasteiger partial charge in [-0.15, -0.1) is 0 Å². The second kappa shape index (κ2) is 16.0. The van der Waals surface area contributed by atoms with Gasteiger partial charge in [0.1, 0.15) is 5.75 Å². The fourth-order valence-electron chi connectivity index (χ4n) is 5.43. The lowest BCUT2D eigenvalue weighted by atomic mass is 9.73. The van der Waals surface area contributed by atoms with E-state index < -0.39 is 0 Å². The van der Waals surface area contributed by atoms with Crippen molar-refractivity contribution in [3.63, 3.8) is 0 Å². The third-order valence-corrected chi connectivity index (χ3v) is 7.59. The largest absolute Gasteiger partial charge is 0.508 e. The third kappa shape index (κ3) is 9.12. The molecule has 2 aromatic rings. The molecule has 0 radical (unpaired) electrons. The minimum atomic E-state index is -0.210. The molecule has 0 bridgehead atoms. The lowest BCUT2D eigenvalue weighted by molar-refractivity contribution is 0.449. The molecule has 0 unspecified atom stereocenters. The number of benzene rings is 2. The summed E-state index contributed by atoms with van der Waals surface area (Å²) < 4.78 is 0. The first kappa shape index (κ1) is 28.5. The number of hydrogen-bond donors (Lipinski definition) is 1. The molecule has 0 saturated heterocycles. The molecule has 0 aliphatic carbocycles. The highest BCUT2D eigenvalue weighted by Gasteiger charge is 2.30. The molecular formula is C33H52O. The number of phenols is 1. The first-order valence-corrected chi connectivity index (χ1v) is 14.4. The van der Waals surface area contributed by atoms with Crippen LogP contribution in [0, 0.1) is 0 Å². The predicted molar refractivity (Wildman–Crippen MR) is 150 cm³/mol. The Morgan fingerprint density at radius 2 is 1.09 bits per heavy atom. The zero-order chi connectivity index (χ0) is 24.7. The van der Waals surface area contributed by atoms with Crippen molar-refractivity contribution < 1.29 is 5.11 Å². The number of phenolic OH excluding ortho intramolecular Hbond substituents is 1. The van der Waals surface area contributed by atoms with Crippen molar-refractivity contribution in [1.82, 2.24) is 0 Å². The van der Waals surface area contributed by atoms with E-state index in [0.29, 0.717) is 5.75 Å². The number of unbranched alkanes of at least 4 members (excludes halogenated alkanes) is 12. The number of rotatable bonds is 18. The van der Waals surface area contributed by atoms with Crippen LogP contribution in [0.25, 0.3) is 0 Å². The van der Waals surface area contributed by atoms with Crippen LogP contribution >= 0.6 is 0 Å². The van der Waals surface area contributed by atoms with Gasteiger partial charge in [0.25, 0.3) is 0 Å². The Morgan fingerprint density at radius 3 is 1.68 bits per heavy atom. The summed E-state index contributed by atoms with van der Waals surface area (Å²) in [4.78, 5) is 0. The quantitative estimate of drug-likeness (QED) is 0.217. The molecule has 0 heterocycles. The molecule has 190 valence electrons. The fourth-order valence-corrected chi connectivity index (χ4v) is 5.43. The molecule has 2 aromatic carbocycles. The van der Waals surface area contributed by atoms with E-state index in [0.717, 1.165) is 18.4 Å². The van der Waals surface area contributed by atoms with Crippen LogP contribution in [0.1, 0.15) is 140 Å². The highest BCUT2D eigenvalue weighted by atomic mass is 16.3. The van der Waals surface area contributed by atoms with Crippen molar-refractivity contribution in [2.45, 2.75) is 136 Å². The molecule has 0 amide bonds. The first-order valence-electron chi connectivity index (χ1n) is 14.4. The van der Waals surface area contributed by atoms with E-state index in [2.05, 4.69) is 64.1 Å². The van der Waals surface area contributed by atoms with Gasteiger partial charge in [0, 0.05) is 11.0 Å². The van der Waals surface area contributed by atoms with E-state index in [4.69, 9.17) is 0 Å². The van der Waals surface area contributed by atoms with Crippen molar-refractivity contribution in [1.29, 1.82) is 0 Å². The Kier molecular flexibility index (Phi) is 13.4. The monoisotopic (exact) mass is 464 g/mol. The van der Waals surface area contributed by atoms with Crippen LogP contribution in [0.4, 0.5) is 0 Å². The van der Waals surface area contributed by atoms with Gasteiger partial charge in [-0.25, -0.2) is 0 Å². The second-order valence-electron chi connectivity index (χ2n) is 10.8. The van der Waals surface area contributed by atoms with Crippen LogP contribution in [0.15, 0.2) is 42.5 Å². The minimum absolute atomic E-state index is 0.210. The van der Waals surface area contributed by atoms with Gasteiger partial charge < -0.3 is 5.11 Å². The van der Waals surface area contributed by atoms with Gasteiger partial charge in [-0.3, -0.25) is 0 Å². The summed E-state index contributed by atoms with van der Waals surface area (Å²) in [7, 11) is 0. The van der Waals surface area contributed by atoms with Gasteiger partial charge >= 0.3 is 0 Å². The van der Waals surface area contributed by atoms with E-state index in [-0.39, 0.29) is 5.41 Å². The molecule has 0 aliphatic heterocycles. The molecule has 0 atom stereocenters. The number of hydrogen-bond acceptors (Lipinski definition) is 1. The van der Waals surface area contributed by atoms with Crippen molar-refractivity contribution in [3.05, 3.63) is 64.7 Å². The van der Waals surface area contributed by atoms with Crippen LogP contribution in [-0.4, -0.2) is 5.11 Å². The summed E-state index contributed by atoms with van der Waals surface area (Å²) in [6.45, 7) is 9.12. The Hall–Kier alpha value is -1.76. The first-order chi connectivity index (χ1) is 16.5. The summed E-state index contributed by atoms with van der Waals surface area (Å²) in [5, 5.41) is 11.1. The van der Waals surface area contributed by atoms with Gasteiger partial charge in [0.2, 0.25) is 0 Å². The summed E-state index contributed by atoms with van der Waals surface area (Å²) in [6.07, 6.45) is 20.9. The average molecular weight is 465 g/mol. The molecule has 0 saturated carbocycles. The topological polar surface area (TPSA) is 20.2 Å². The summed E-state index contributed by atoms with van der Waals surface area (Å²) in [5.74, 6) is 0.466. The number of aryl methyl sites for hydroxylation is 1. The average Bonchev–Trinajstić information content (AvgIpc) is 2.84.